The second-order valence-electron chi connectivity index (χ2n) is 3.36. The van der Waals surface area contributed by atoms with Crippen LogP contribution < -0.4 is 5.73 Å². The van der Waals surface area contributed by atoms with E-state index in [2.05, 4.69) is 0 Å². The van der Waals surface area contributed by atoms with Gasteiger partial charge in [-0.3, -0.25) is 14.6 Å². The summed E-state index contributed by atoms with van der Waals surface area (Å²) in [5.74, 6) is -0.507. The average Bonchev–Trinajstić information content (AvgIpc) is 2.26. The van der Waals surface area contributed by atoms with Gasteiger partial charge in [0.05, 0.1) is 44.4 Å². The van der Waals surface area contributed by atoms with Crippen LogP contribution in [0.4, 0.5) is 0 Å². The molecule has 0 radical (unpaired) electrons. The second kappa shape index (κ2) is 9.11. The number of rotatable bonds is 8. The molecular weight excluding hydrogens is 220 g/mol. The van der Waals surface area contributed by atoms with Crippen LogP contribution in [0, 0.1) is 34.0 Å². The number of carbonyl (C=O) groups is 1. The van der Waals surface area contributed by atoms with Crippen LogP contribution in [0.5, 0.6) is 0 Å². The summed E-state index contributed by atoms with van der Waals surface area (Å²) in [4.78, 5) is 13.9. The predicted molar refractivity (Wildman–Crippen MR) is 58.9 cm³/mol. The SMILES string of the molecule is N#CCN(CC#N)CCN(CC#N)CC(N)=O. The third-order valence-electron chi connectivity index (χ3n) is 1.99. The van der Waals surface area contributed by atoms with Gasteiger partial charge in [0.15, 0.2) is 0 Å². The van der Waals surface area contributed by atoms with Gasteiger partial charge in [-0.05, 0) is 0 Å². The molecule has 0 unspecified atom stereocenters. The van der Waals surface area contributed by atoms with Gasteiger partial charge in [0.25, 0.3) is 0 Å². The highest BCUT2D eigenvalue weighted by atomic mass is 16.1. The molecule has 0 aromatic rings. The molecule has 90 valence electrons. The van der Waals surface area contributed by atoms with Crippen molar-refractivity contribution in [2.75, 3.05) is 39.3 Å². The summed E-state index contributed by atoms with van der Waals surface area (Å²) in [6.45, 7) is 1.24. The molecule has 0 bridgehead atoms. The van der Waals surface area contributed by atoms with E-state index >= 15 is 0 Å². The molecule has 17 heavy (non-hydrogen) atoms. The normalized spacial score (nSPS) is 9.59. The van der Waals surface area contributed by atoms with E-state index < -0.39 is 5.91 Å². The average molecular weight is 234 g/mol. The zero-order chi connectivity index (χ0) is 13.1. The van der Waals surface area contributed by atoms with E-state index in [1.165, 1.54) is 0 Å². The molecule has 2 N–H and O–H groups in total. The predicted octanol–water partition coefficient (Wildman–Crippen LogP) is -1.35. The van der Waals surface area contributed by atoms with Gasteiger partial charge in [0.2, 0.25) is 5.91 Å². The Balaban J connectivity index is 4.17. The number of nitrogens with zero attached hydrogens (tertiary/aromatic N) is 5. The van der Waals surface area contributed by atoms with Crippen LogP contribution in [0.25, 0.3) is 0 Å². The third-order valence-corrected chi connectivity index (χ3v) is 1.99. The molecule has 0 heterocycles. The van der Waals surface area contributed by atoms with Crippen molar-refractivity contribution >= 4 is 5.91 Å². The van der Waals surface area contributed by atoms with Crippen molar-refractivity contribution in [3.8, 4) is 18.2 Å². The number of amides is 1. The van der Waals surface area contributed by atoms with E-state index in [-0.39, 0.29) is 26.2 Å². The quantitative estimate of drug-likeness (QED) is 0.518. The molecule has 1 amide bonds. The minimum atomic E-state index is -0.507. The highest BCUT2D eigenvalue weighted by Gasteiger charge is 2.10. The molecule has 7 nitrogen and oxygen atoms in total. The Morgan fingerprint density at radius 3 is 1.76 bits per heavy atom. The number of carbonyl (C=O) groups excluding carboxylic acids is 1. The Morgan fingerprint density at radius 2 is 1.35 bits per heavy atom. The molecule has 0 spiro atoms. The van der Waals surface area contributed by atoms with Gasteiger partial charge in [-0.25, -0.2) is 0 Å². The molecule has 0 saturated heterocycles. The van der Waals surface area contributed by atoms with Gasteiger partial charge in [0, 0.05) is 13.1 Å². The summed E-state index contributed by atoms with van der Waals surface area (Å²) in [6, 6.07) is 5.83. The molecule has 0 aromatic carbocycles. The summed E-state index contributed by atoms with van der Waals surface area (Å²) in [5.41, 5.74) is 5.04. The first-order chi connectivity index (χ1) is 8.13. The van der Waals surface area contributed by atoms with Crippen LogP contribution in [0.2, 0.25) is 0 Å². The lowest BCUT2D eigenvalue weighted by atomic mass is 10.4. The van der Waals surface area contributed by atoms with Crippen LogP contribution >= 0.6 is 0 Å². The molecule has 0 atom stereocenters. The minimum absolute atomic E-state index is 0.000503. The van der Waals surface area contributed by atoms with E-state index in [1.54, 1.807) is 9.80 Å². The Labute approximate surface area is 100 Å². The van der Waals surface area contributed by atoms with Crippen LogP contribution in [0.15, 0.2) is 0 Å². The Hall–Kier alpha value is -2.14. The van der Waals surface area contributed by atoms with Crippen LogP contribution in [-0.2, 0) is 4.79 Å². The highest BCUT2D eigenvalue weighted by molar-refractivity contribution is 5.75. The lowest BCUT2D eigenvalue weighted by Gasteiger charge is -2.21. The number of hydrogen-bond acceptors (Lipinski definition) is 6. The summed E-state index contributed by atoms with van der Waals surface area (Å²) in [5, 5.41) is 25.6. The van der Waals surface area contributed by atoms with Gasteiger partial charge >= 0.3 is 0 Å². The van der Waals surface area contributed by atoms with E-state index in [0.29, 0.717) is 13.1 Å². The molecule has 7 heteroatoms. The summed E-state index contributed by atoms with van der Waals surface area (Å²) < 4.78 is 0. The first-order valence-electron chi connectivity index (χ1n) is 4.98. The first-order valence-corrected chi connectivity index (χ1v) is 4.98. The van der Waals surface area contributed by atoms with Crippen molar-refractivity contribution in [2.24, 2.45) is 5.73 Å². The smallest absolute Gasteiger partial charge is 0.231 e. The van der Waals surface area contributed by atoms with E-state index in [4.69, 9.17) is 21.5 Å². The Morgan fingerprint density at radius 1 is 0.941 bits per heavy atom. The molecule has 0 saturated carbocycles. The van der Waals surface area contributed by atoms with Gasteiger partial charge < -0.3 is 5.73 Å². The van der Waals surface area contributed by atoms with Gasteiger partial charge in [0.1, 0.15) is 0 Å². The van der Waals surface area contributed by atoms with E-state index in [9.17, 15) is 4.79 Å². The molecule has 0 fully saturated rings. The van der Waals surface area contributed by atoms with Crippen LogP contribution in [0.1, 0.15) is 0 Å². The third kappa shape index (κ3) is 7.75. The zero-order valence-corrected chi connectivity index (χ0v) is 9.46. The van der Waals surface area contributed by atoms with Gasteiger partial charge in [-0.2, -0.15) is 15.8 Å². The molecule has 0 aliphatic rings. The summed E-state index contributed by atoms with van der Waals surface area (Å²) in [7, 11) is 0. The molecular formula is C10H14N6O. The fourth-order valence-corrected chi connectivity index (χ4v) is 1.23. The Bertz CT molecular complexity index is 344. The fraction of sp³-hybridized carbons (Fsp3) is 0.600. The highest BCUT2D eigenvalue weighted by Crippen LogP contribution is 1.91. The monoisotopic (exact) mass is 234 g/mol. The zero-order valence-electron chi connectivity index (χ0n) is 9.46. The first kappa shape index (κ1) is 14.9. The molecule has 0 rings (SSSR count). The standard InChI is InChI=1S/C10H14N6O/c11-1-4-15(5-2-12)7-8-16(6-3-13)9-10(14)17/h4-9H2,(H2,14,17). The summed E-state index contributed by atoms with van der Waals surface area (Å²) in [6.07, 6.45) is 0. The van der Waals surface area contributed by atoms with Gasteiger partial charge in [-0.15, -0.1) is 0 Å². The van der Waals surface area contributed by atoms with Crippen molar-refractivity contribution < 1.29 is 4.79 Å². The lowest BCUT2D eigenvalue weighted by molar-refractivity contribution is -0.119. The molecule has 0 aromatic heterocycles. The number of primary amides is 1. The lowest BCUT2D eigenvalue weighted by Crippen LogP contribution is -2.40. The minimum Gasteiger partial charge on any atom is -0.369 e. The largest absolute Gasteiger partial charge is 0.369 e. The number of nitriles is 3. The van der Waals surface area contributed by atoms with Crippen molar-refractivity contribution in [1.82, 2.24) is 9.80 Å². The van der Waals surface area contributed by atoms with Crippen molar-refractivity contribution in [3.05, 3.63) is 0 Å². The van der Waals surface area contributed by atoms with Crippen LogP contribution in [0.3, 0.4) is 0 Å². The summed E-state index contributed by atoms with van der Waals surface area (Å²) >= 11 is 0. The maximum absolute atomic E-state index is 10.7. The van der Waals surface area contributed by atoms with E-state index in [0.717, 1.165) is 0 Å². The Kier molecular flexibility index (Phi) is 7.97. The van der Waals surface area contributed by atoms with Crippen LogP contribution in [-0.4, -0.2) is 55.0 Å². The topological polar surface area (TPSA) is 121 Å². The maximum Gasteiger partial charge on any atom is 0.231 e. The van der Waals surface area contributed by atoms with E-state index in [1.807, 2.05) is 18.2 Å². The fourth-order valence-electron chi connectivity index (χ4n) is 1.23. The maximum atomic E-state index is 10.7. The molecule has 0 aliphatic carbocycles. The second-order valence-corrected chi connectivity index (χ2v) is 3.36. The van der Waals surface area contributed by atoms with Crippen molar-refractivity contribution in [2.45, 2.75) is 0 Å². The number of hydrogen-bond donors (Lipinski definition) is 1. The number of nitrogens with two attached hydrogens (primary N) is 1. The van der Waals surface area contributed by atoms with Gasteiger partial charge in [-0.1, -0.05) is 0 Å². The van der Waals surface area contributed by atoms with Crippen molar-refractivity contribution in [1.29, 1.82) is 15.8 Å². The van der Waals surface area contributed by atoms with Crippen molar-refractivity contribution in [3.63, 3.8) is 0 Å². The molecule has 0 aliphatic heterocycles.